The zero-order valence-electron chi connectivity index (χ0n) is 9.17. The van der Waals surface area contributed by atoms with Gasteiger partial charge in [0.2, 0.25) is 5.91 Å². The van der Waals surface area contributed by atoms with E-state index in [1.807, 2.05) is 6.92 Å². The number of benzene rings is 1. The number of halogens is 2. The zero-order valence-corrected chi connectivity index (χ0v) is 9.17. The Morgan fingerprint density at radius 1 is 1.31 bits per heavy atom. The summed E-state index contributed by atoms with van der Waals surface area (Å²) in [6, 6.07) is 3.33. The SMILES string of the molecule is CCCC(CC(N)=O)c1cc(F)cc(F)c1. The Labute approximate surface area is 93.5 Å². The molecule has 0 spiro atoms. The Kier molecular flexibility index (Phi) is 4.40. The van der Waals surface area contributed by atoms with Crippen molar-refractivity contribution in [3.8, 4) is 0 Å². The van der Waals surface area contributed by atoms with Crippen molar-refractivity contribution < 1.29 is 13.6 Å². The van der Waals surface area contributed by atoms with Gasteiger partial charge in [-0.15, -0.1) is 0 Å². The summed E-state index contributed by atoms with van der Waals surface area (Å²) >= 11 is 0. The molecule has 16 heavy (non-hydrogen) atoms. The molecule has 0 heterocycles. The third kappa shape index (κ3) is 3.61. The van der Waals surface area contributed by atoms with Crippen LogP contribution in [0.15, 0.2) is 18.2 Å². The van der Waals surface area contributed by atoms with Crippen LogP contribution in [0, 0.1) is 11.6 Å². The molecule has 0 fully saturated rings. The molecule has 1 unspecified atom stereocenters. The largest absolute Gasteiger partial charge is 0.370 e. The van der Waals surface area contributed by atoms with Crippen LogP contribution in [-0.4, -0.2) is 5.91 Å². The molecular formula is C12H15F2NO. The van der Waals surface area contributed by atoms with Crippen molar-refractivity contribution in [2.45, 2.75) is 32.1 Å². The molecule has 1 aromatic rings. The van der Waals surface area contributed by atoms with Gasteiger partial charge in [-0.3, -0.25) is 4.79 Å². The number of nitrogens with two attached hydrogens (primary N) is 1. The lowest BCUT2D eigenvalue weighted by Gasteiger charge is -2.14. The van der Waals surface area contributed by atoms with Crippen LogP contribution in [0.25, 0.3) is 0 Å². The number of carbonyl (C=O) groups is 1. The lowest BCUT2D eigenvalue weighted by molar-refractivity contribution is -0.118. The predicted molar refractivity (Wildman–Crippen MR) is 57.8 cm³/mol. The van der Waals surface area contributed by atoms with Gasteiger partial charge in [0.15, 0.2) is 0 Å². The number of hydrogen-bond acceptors (Lipinski definition) is 1. The van der Waals surface area contributed by atoms with Crippen LogP contribution >= 0.6 is 0 Å². The van der Waals surface area contributed by atoms with Gasteiger partial charge in [0, 0.05) is 12.5 Å². The molecule has 0 radical (unpaired) electrons. The normalized spacial score (nSPS) is 12.4. The third-order valence-corrected chi connectivity index (χ3v) is 2.44. The molecule has 0 saturated heterocycles. The quantitative estimate of drug-likeness (QED) is 0.825. The zero-order chi connectivity index (χ0) is 12.1. The predicted octanol–water partition coefficient (Wildman–Crippen LogP) is 2.72. The number of amides is 1. The monoisotopic (exact) mass is 227 g/mol. The average Bonchev–Trinajstić information content (AvgIpc) is 2.14. The summed E-state index contributed by atoms with van der Waals surface area (Å²) in [6.45, 7) is 1.95. The smallest absolute Gasteiger partial charge is 0.218 e. The molecule has 2 nitrogen and oxygen atoms in total. The molecule has 1 amide bonds. The van der Waals surface area contributed by atoms with E-state index in [2.05, 4.69) is 0 Å². The second-order valence-electron chi connectivity index (χ2n) is 3.86. The Balaban J connectivity index is 2.95. The van der Waals surface area contributed by atoms with Crippen LogP contribution < -0.4 is 5.73 Å². The minimum absolute atomic E-state index is 0.122. The van der Waals surface area contributed by atoms with Gasteiger partial charge >= 0.3 is 0 Å². The van der Waals surface area contributed by atoms with E-state index in [1.165, 1.54) is 12.1 Å². The molecule has 2 N–H and O–H groups in total. The Hall–Kier alpha value is -1.45. The van der Waals surface area contributed by atoms with Crippen LogP contribution in [0.1, 0.15) is 37.7 Å². The third-order valence-electron chi connectivity index (χ3n) is 2.44. The van der Waals surface area contributed by atoms with E-state index >= 15 is 0 Å². The summed E-state index contributed by atoms with van der Waals surface area (Å²) in [6.07, 6.45) is 1.64. The first-order chi connectivity index (χ1) is 7.52. The van der Waals surface area contributed by atoms with Gasteiger partial charge < -0.3 is 5.73 Å². The lowest BCUT2D eigenvalue weighted by Crippen LogP contribution is -2.15. The van der Waals surface area contributed by atoms with E-state index in [0.717, 1.165) is 12.5 Å². The van der Waals surface area contributed by atoms with Gasteiger partial charge in [0.05, 0.1) is 0 Å². The van der Waals surface area contributed by atoms with Gasteiger partial charge in [-0.2, -0.15) is 0 Å². The van der Waals surface area contributed by atoms with E-state index in [0.29, 0.717) is 12.0 Å². The number of primary amides is 1. The van der Waals surface area contributed by atoms with Crippen LogP contribution in [0.3, 0.4) is 0 Å². The Morgan fingerprint density at radius 2 is 1.88 bits per heavy atom. The maximum absolute atomic E-state index is 13.0. The number of rotatable bonds is 5. The molecule has 0 aromatic heterocycles. The first kappa shape index (κ1) is 12.6. The number of carbonyl (C=O) groups excluding carboxylic acids is 1. The summed E-state index contributed by atoms with van der Waals surface area (Å²) < 4.78 is 26.0. The minimum atomic E-state index is -0.624. The van der Waals surface area contributed by atoms with Gasteiger partial charge in [-0.25, -0.2) is 8.78 Å². The van der Waals surface area contributed by atoms with Crippen molar-refractivity contribution in [3.05, 3.63) is 35.4 Å². The van der Waals surface area contributed by atoms with Crippen molar-refractivity contribution in [1.82, 2.24) is 0 Å². The highest BCUT2D eigenvalue weighted by Crippen LogP contribution is 2.26. The first-order valence-corrected chi connectivity index (χ1v) is 5.27. The van der Waals surface area contributed by atoms with Gasteiger partial charge in [-0.05, 0) is 30.0 Å². The summed E-state index contributed by atoms with van der Waals surface area (Å²) in [5, 5.41) is 0. The van der Waals surface area contributed by atoms with Crippen molar-refractivity contribution in [3.63, 3.8) is 0 Å². The van der Waals surface area contributed by atoms with Gasteiger partial charge in [-0.1, -0.05) is 13.3 Å². The molecule has 4 heteroatoms. The fourth-order valence-electron chi connectivity index (χ4n) is 1.79. The maximum atomic E-state index is 13.0. The second-order valence-corrected chi connectivity index (χ2v) is 3.86. The van der Waals surface area contributed by atoms with Crippen LogP contribution in [-0.2, 0) is 4.79 Å². The highest BCUT2D eigenvalue weighted by molar-refractivity contribution is 5.74. The molecule has 0 bridgehead atoms. The topological polar surface area (TPSA) is 43.1 Å². The van der Waals surface area contributed by atoms with Gasteiger partial charge in [0.1, 0.15) is 11.6 Å². The molecule has 0 saturated carbocycles. The Morgan fingerprint density at radius 3 is 2.31 bits per heavy atom. The maximum Gasteiger partial charge on any atom is 0.218 e. The summed E-state index contributed by atoms with van der Waals surface area (Å²) in [5.41, 5.74) is 5.61. The van der Waals surface area contributed by atoms with E-state index in [9.17, 15) is 13.6 Å². The van der Waals surface area contributed by atoms with Crippen molar-refractivity contribution in [1.29, 1.82) is 0 Å². The summed E-state index contributed by atoms with van der Waals surface area (Å²) in [7, 11) is 0. The molecule has 0 aliphatic heterocycles. The highest BCUT2D eigenvalue weighted by atomic mass is 19.1. The molecule has 88 valence electrons. The van der Waals surface area contributed by atoms with E-state index < -0.39 is 17.5 Å². The summed E-state index contributed by atoms with van der Waals surface area (Å²) in [4.78, 5) is 10.9. The van der Waals surface area contributed by atoms with Crippen LogP contribution in [0.2, 0.25) is 0 Å². The number of hydrogen-bond donors (Lipinski definition) is 1. The summed E-state index contributed by atoms with van der Waals surface area (Å²) in [5.74, 6) is -1.91. The lowest BCUT2D eigenvalue weighted by atomic mass is 9.91. The minimum Gasteiger partial charge on any atom is -0.370 e. The Bertz CT molecular complexity index is 359. The van der Waals surface area contributed by atoms with E-state index in [1.54, 1.807) is 0 Å². The van der Waals surface area contributed by atoms with Crippen molar-refractivity contribution in [2.24, 2.45) is 5.73 Å². The molecular weight excluding hydrogens is 212 g/mol. The van der Waals surface area contributed by atoms with E-state index in [4.69, 9.17) is 5.73 Å². The standard InChI is InChI=1S/C12H15F2NO/c1-2-3-8(6-12(15)16)9-4-10(13)7-11(14)5-9/h4-5,7-8H,2-3,6H2,1H3,(H2,15,16). The van der Waals surface area contributed by atoms with Crippen LogP contribution in [0.4, 0.5) is 8.78 Å². The molecule has 1 atom stereocenters. The molecule has 1 rings (SSSR count). The first-order valence-electron chi connectivity index (χ1n) is 5.27. The van der Waals surface area contributed by atoms with Crippen molar-refractivity contribution in [2.75, 3.05) is 0 Å². The second kappa shape index (κ2) is 5.58. The van der Waals surface area contributed by atoms with Gasteiger partial charge in [0.25, 0.3) is 0 Å². The molecule has 1 aromatic carbocycles. The fraction of sp³-hybridized carbons (Fsp3) is 0.417. The molecule has 0 aliphatic carbocycles. The highest BCUT2D eigenvalue weighted by Gasteiger charge is 2.15. The average molecular weight is 227 g/mol. The van der Waals surface area contributed by atoms with Crippen LogP contribution in [0.5, 0.6) is 0 Å². The van der Waals surface area contributed by atoms with Crippen molar-refractivity contribution >= 4 is 5.91 Å². The molecule has 0 aliphatic rings. The van der Waals surface area contributed by atoms with E-state index in [-0.39, 0.29) is 12.3 Å². The fourth-order valence-corrected chi connectivity index (χ4v) is 1.79.